The first kappa shape index (κ1) is 15.1. The molecule has 2 atom stereocenters. The van der Waals surface area contributed by atoms with Gasteiger partial charge in [0, 0.05) is 0 Å². The summed E-state index contributed by atoms with van der Waals surface area (Å²) in [4.78, 5) is 24.4. The van der Waals surface area contributed by atoms with E-state index in [9.17, 15) is 9.59 Å². The van der Waals surface area contributed by atoms with E-state index in [4.69, 9.17) is 8.85 Å². The maximum absolute atomic E-state index is 12.2. The van der Waals surface area contributed by atoms with Gasteiger partial charge in [-0.2, -0.15) is 0 Å². The third-order valence-electron chi connectivity index (χ3n) is 2.81. The van der Waals surface area contributed by atoms with Crippen LogP contribution >= 0.6 is 0 Å². The molecule has 1 aliphatic heterocycles. The topological polar surface area (TPSA) is 59.1 Å². The summed E-state index contributed by atoms with van der Waals surface area (Å²) in [7, 11) is -3.98. The van der Waals surface area contributed by atoms with Gasteiger partial charge >= 0.3 is 12.2 Å². The van der Waals surface area contributed by atoms with Crippen LogP contribution in [-0.2, 0) is 8.85 Å². The van der Waals surface area contributed by atoms with E-state index in [1.54, 1.807) is 0 Å². The highest BCUT2D eigenvalue weighted by molar-refractivity contribution is 6.71. The van der Waals surface area contributed by atoms with Gasteiger partial charge < -0.3 is 8.85 Å². The van der Waals surface area contributed by atoms with Crippen molar-refractivity contribution in [2.75, 3.05) is 0 Å². The van der Waals surface area contributed by atoms with Gasteiger partial charge in [0.15, 0.2) is 0 Å². The maximum Gasteiger partial charge on any atom is 0.416 e. The van der Waals surface area contributed by atoms with Gasteiger partial charge in [-0.05, 0) is 39.3 Å². The summed E-state index contributed by atoms with van der Waals surface area (Å²) in [6.45, 7) is 11.6. The third-order valence-corrected chi connectivity index (χ3v) is 4.39. The summed E-state index contributed by atoms with van der Waals surface area (Å²) in [6, 6.07) is -0.124. The average molecular weight is 314 g/mol. The highest BCUT2D eigenvalue weighted by atomic mass is 28.4. The van der Waals surface area contributed by atoms with Crippen molar-refractivity contribution in [1.29, 1.82) is 0 Å². The molecule has 0 aromatic carbocycles. The van der Waals surface area contributed by atoms with E-state index in [2.05, 4.69) is 0 Å². The Bertz CT molecular complexity index is 425. The molecule has 2 unspecified atom stereocenters. The van der Waals surface area contributed by atoms with Crippen LogP contribution in [0, 0.1) is 0 Å². The van der Waals surface area contributed by atoms with E-state index < -0.39 is 28.8 Å². The molecule has 0 aromatic heterocycles. The predicted molar refractivity (Wildman–Crippen MR) is 80.0 cm³/mol. The first-order valence-electron chi connectivity index (χ1n) is 6.72. The highest BCUT2D eigenvalue weighted by Gasteiger charge is 2.56. The standard InChI is InChI=1S/C12H22N2O4Si2/c1-19(2,3)17-11(15)13-9-7-8-10(9)14(13)12(16)18-20(4,5)6/h7-10H,1-6H3. The molecule has 1 saturated heterocycles. The molecule has 0 aromatic rings. The molecule has 0 spiro atoms. The Hall–Kier alpha value is -1.29. The zero-order valence-electron chi connectivity index (χ0n) is 12.8. The molecule has 20 heavy (non-hydrogen) atoms. The lowest BCUT2D eigenvalue weighted by atomic mass is 9.91. The number of hydrazine groups is 1. The van der Waals surface area contributed by atoms with Crippen molar-refractivity contribution < 1.29 is 18.4 Å². The Balaban J connectivity index is 2.07. The van der Waals surface area contributed by atoms with Crippen LogP contribution in [0.5, 0.6) is 0 Å². The number of carbonyl (C=O) groups excluding carboxylic acids is 2. The van der Waals surface area contributed by atoms with E-state index >= 15 is 0 Å². The quantitative estimate of drug-likeness (QED) is 0.581. The number of amides is 2. The second-order valence-electron chi connectivity index (χ2n) is 7.02. The fraction of sp³-hybridized carbons (Fsp3) is 0.667. The van der Waals surface area contributed by atoms with Crippen LogP contribution in [0.15, 0.2) is 12.2 Å². The smallest absolute Gasteiger partial charge is 0.416 e. The molecule has 2 rings (SSSR count). The Morgan fingerprint density at radius 1 is 0.800 bits per heavy atom. The van der Waals surface area contributed by atoms with E-state index in [1.165, 1.54) is 10.0 Å². The van der Waals surface area contributed by atoms with Crippen molar-refractivity contribution in [2.24, 2.45) is 0 Å². The molecule has 8 heteroatoms. The Labute approximate surface area is 121 Å². The van der Waals surface area contributed by atoms with Gasteiger partial charge in [0.05, 0.1) is 0 Å². The number of rotatable bonds is 2. The molecule has 112 valence electrons. The van der Waals surface area contributed by atoms with Gasteiger partial charge in [-0.15, -0.1) is 0 Å². The van der Waals surface area contributed by atoms with Crippen molar-refractivity contribution >= 4 is 28.8 Å². The van der Waals surface area contributed by atoms with E-state index in [-0.39, 0.29) is 12.1 Å². The normalized spacial score (nSPS) is 24.5. The van der Waals surface area contributed by atoms with Crippen LogP contribution < -0.4 is 0 Å². The number of nitrogens with zero attached hydrogens (tertiary/aromatic N) is 2. The summed E-state index contributed by atoms with van der Waals surface area (Å²) in [6.07, 6.45) is 2.88. The molecule has 0 saturated carbocycles. The van der Waals surface area contributed by atoms with Crippen LogP contribution in [0.3, 0.4) is 0 Å². The van der Waals surface area contributed by atoms with Gasteiger partial charge in [-0.3, -0.25) is 0 Å². The summed E-state index contributed by atoms with van der Waals surface area (Å²) in [5, 5.41) is 2.73. The van der Waals surface area contributed by atoms with Crippen LogP contribution in [0.4, 0.5) is 9.59 Å². The van der Waals surface area contributed by atoms with E-state index in [0.29, 0.717) is 0 Å². The number of hydrogen-bond acceptors (Lipinski definition) is 4. The Morgan fingerprint density at radius 2 is 1.10 bits per heavy atom. The second-order valence-corrected chi connectivity index (χ2v) is 15.9. The summed E-state index contributed by atoms with van der Waals surface area (Å²) >= 11 is 0. The van der Waals surface area contributed by atoms with Crippen molar-refractivity contribution in [3.63, 3.8) is 0 Å². The minimum absolute atomic E-state index is 0.0620. The number of fused-ring (bicyclic) bond motifs is 1. The fourth-order valence-electron chi connectivity index (χ4n) is 2.02. The molecule has 1 fully saturated rings. The van der Waals surface area contributed by atoms with Crippen LogP contribution in [0.25, 0.3) is 0 Å². The molecule has 0 N–H and O–H groups in total. The minimum atomic E-state index is -1.99. The largest absolute Gasteiger partial charge is 0.503 e. The number of hydrogen-bond donors (Lipinski definition) is 0. The third kappa shape index (κ3) is 2.90. The molecule has 0 radical (unpaired) electrons. The van der Waals surface area contributed by atoms with E-state index in [0.717, 1.165) is 0 Å². The van der Waals surface area contributed by atoms with Gasteiger partial charge in [-0.1, -0.05) is 12.2 Å². The van der Waals surface area contributed by atoms with Crippen molar-refractivity contribution in [1.82, 2.24) is 10.0 Å². The van der Waals surface area contributed by atoms with Crippen molar-refractivity contribution in [3.8, 4) is 0 Å². The highest BCUT2D eigenvalue weighted by Crippen LogP contribution is 2.37. The van der Waals surface area contributed by atoms with Gasteiger partial charge in [-0.25, -0.2) is 19.6 Å². The SMILES string of the molecule is C[Si](C)(C)OC(=O)N1C2C=CC2N1C(=O)O[Si](C)(C)C. The lowest BCUT2D eigenvalue weighted by molar-refractivity contribution is -0.130. The fourth-order valence-corrected chi connectivity index (χ4v) is 3.25. The predicted octanol–water partition coefficient (Wildman–Crippen LogP) is 2.77. The van der Waals surface area contributed by atoms with Gasteiger partial charge in [0.2, 0.25) is 16.6 Å². The van der Waals surface area contributed by atoms with Crippen molar-refractivity contribution in [2.45, 2.75) is 51.4 Å². The first-order valence-corrected chi connectivity index (χ1v) is 13.5. The zero-order valence-corrected chi connectivity index (χ0v) is 14.8. The molecule has 2 amide bonds. The Kier molecular flexibility index (Phi) is 3.49. The molecular formula is C12H22N2O4Si2. The molecular weight excluding hydrogens is 292 g/mol. The zero-order chi connectivity index (χ0) is 15.3. The lowest BCUT2D eigenvalue weighted by Crippen LogP contribution is -2.77. The number of carbonyl (C=O) groups is 2. The summed E-state index contributed by atoms with van der Waals surface area (Å²) < 4.78 is 10.9. The molecule has 1 heterocycles. The molecule has 6 nitrogen and oxygen atoms in total. The molecule has 2 aliphatic rings. The van der Waals surface area contributed by atoms with Gasteiger partial charge in [0.1, 0.15) is 12.1 Å². The summed E-state index contributed by atoms with van der Waals surface area (Å²) in [5.41, 5.74) is 0. The molecule has 0 bridgehead atoms. The maximum atomic E-state index is 12.2. The van der Waals surface area contributed by atoms with Crippen LogP contribution in [0.2, 0.25) is 39.3 Å². The Morgan fingerprint density at radius 3 is 1.30 bits per heavy atom. The van der Waals surface area contributed by atoms with E-state index in [1.807, 2.05) is 51.4 Å². The monoisotopic (exact) mass is 314 g/mol. The molecule has 1 aliphatic carbocycles. The van der Waals surface area contributed by atoms with Crippen molar-refractivity contribution in [3.05, 3.63) is 12.2 Å². The average Bonchev–Trinajstić information content (AvgIpc) is 2.15. The summed E-state index contributed by atoms with van der Waals surface area (Å²) in [5.74, 6) is 0. The van der Waals surface area contributed by atoms with Gasteiger partial charge in [0.25, 0.3) is 0 Å². The first-order chi connectivity index (χ1) is 8.99. The second kappa shape index (κ2) is 4.62. The van der Waals surface area contributed by atoms with Crippen LogP contribution in [-0.4, -0.2) is 50.9 Å². The minimum Gasteiger partial charge on any atom is -0.503 e. The lowest BCUT2D eigenvalue weighted by Gasteiger charge is -2.57. The van der Waals surface area contributed by atoms with Crippen LogP contribution in [0.1, 0.15) is 0 Å².